The highest BCUT2D eigenvalue weighted by Crippen LogP contribution is 2.32. The molecule has 0 radical (unpaired) electrons. The molecule has 9 heteroatoms. The van der Waals surface area contributed by atoms with Gasteiger partial charge in [0.1, 0.15) is 0 Å². The summed E-state index contributed by atoms with van der Waals surface area (Å²) in [6, 6.07) is 16.7. The second-order valence-electron chi connectivity index (χ2n) is 8.12. The molecule has 4 aromatic rings. The Hall–Kier alpha value is -3.88. The maximum Gasteiger partial charge on any atom is 0.416 e. The van der Waals surface area contributed by atoms with Crippen molar-refractivity contribution in [2.24, 2.45) is 0 Å². The number of hydrogen-bond donors (Lipinski definition) is 3. The summed E-state index contributed by atoms with van der Waals surface area (Å²) >= 11 is 0. The van der Waals surface area contributed by atoms with Crippen LogP contribution in [0.25, 0.3) is 11.0 Å². The van der Waals surface area contributed by atoms with Crippen LogP contribution in [0.15, 0.2) is 66.7 Å². The molecule has 0 aliphatic rings. The smallest absolute Gasteiger partial charge is 0.348 e. The number of nitrogens with zero attached hydrogens (tertiary/aromatic N) is 2. The second kappa shape index (κ2) is 9.54. The quantitative estimate of drug-likeness (QED) is 0.325. The number of hydrogen-bond acceptors (Lipinski definition) is 4. The summed E-state index contributed by atoms with van der Waals surface area (Å²) in [4.78, 5) is 24.9. The normalized spacial score (nSPS) is 13.4. The number of aromatic nitrogens is 3. The third-order valence-corrected chi connectivity index (χ3v) is 5.44. The Labute approximate surface area is 194 Å². The van der Waals surface area contributed by atoms with Crippen LogP contribution in [-0.4, -0.2) is 20.9 Å². The SMILES string of the molecule is Cc1cccc(C(C)NC(=O)CC(Nc2nc3ccccc3[nH]2)c2cccc(C(F)(F)F)c2)n1. The van der Waals surface area contributed by atoms with Crippen LogP contribution >= 0.6 is 0 Å². The molecule has 0 aliphatic heterocycles. The topological polar surface area (TPSA) is 82.7 Å². The van der Waals surface area contributed by atoms with E-state index in [1.54, 1.807) is 6.07 Å². The molecule has 0 aliphatic carbocycles. The lowest BCUT2D eigenvalue weighted by Crippen LogP contribution is -2.30. The molecule has 2 heterocycles. The van der Waals surface area contributed by atoms with Gasteiger partial charge in [-0.3, -0.25) is 9.78 Å². The molecule has 176 valence electrons. The van der Waals surface area contributed by atoms with Gasteiger partial charge in [-0.2, -0.15) is 13.2 Å². The van der Waals surface area contributed by atoms with Crippen LogP contribution in [0, 0.1) is 6.92 Å². The average Bonchev–Trinajstić information content (AvgIpc) is 3.20. The van der Waals surface area contributed by atoms with Crippen molar-refractivity contribution in [3.05, 3.63) is 89.2 Å². The first-order chi connectivity index (χ1) is 16.2. The van der Waals surface area contributed by atoms with Gasteiger partial charge in [0.05, 0.1) is 40.8 Å². The first-order valence-corrected chi connectivity index (χ1v) is 10.8. The van der Waals surface area contributed by atoms with E-state index in [0.29, 0.717) is 22.7 Å². The summed E-state index contributed by atoms with van der Waals surface area (Å²) in [5, 5.41) is 5.99. The zero-order chi connectivity index (χ0) is 24.3. The van der Waals surface area contributed by atoms with E-state index in [4.69, 9.17) is 0 Å². The lowest BCUT2D eigenvalue weighted by molar-refractivity contribution is -0.137. The van der Waals surface area contributed by atoms with Crippen molar-refractivity contribution >= 4 is 22.9 Å². The van der Waals surface area contributed by atoms with Crippen LogP contribution in [0.2, 0.25) is 0 Å². The van der Waals surface area contributed by atoms with Gasteiger partial charge in [-0.15, -0.1) is 0 Å². The van der Waals surface area contributed by atoms with E-state index in [-0.39, 0.29) is 18.4 Å². The van der Waals surface area contributed by atoms with Gasteiger partial charge in [0.15, 0.2) is 0 Å². The first kappa shape index (κ1) is 23.3. The molecule has 0 spiro atoms. The lowest BCUT2D eigenvalue weighted by atomic mass is 10.0. The standard InChI is InChI=1S/C25H24F3N5O/c1-15-7-5-12-19(29-15)16(2)30-23(34)14-22(17-8-6-9-18(13-17)25(26,27)28)33-24-31-20-10-3-4-11-21(20)32-24/h3-13,16,22H,14H2,1-2H3,(H,30,34)(H2,31,32,33). The monoisotopic (exact) mass is 467 g/mol. The zero-order valence-electron chi connectivity index (χ0n) is 18.6. The Bertz CT molecular complexity index is 1270. The third-order valence-electron chi connectivity index (χ3n) is 5.44. The molecule has 0 bridgehead atoms. The number of amides is 1. The van der Waals surface area contributed by atoms with Crippen molar-refractivity contribution < 1.29 is 18.0 Å². The number of aromatic amines is 1. The molecule has 2 aromatic heterocycles. The predicted octanol–water partition coefficient (Wildman–Crippen LogP) is 5.71. The van der Waals surface area contributed by atoms with E-state index in [1.165, 1.54) is 6.07 Å². The van der Waals surface area contributed by atoms with Gasteiger partial charge in [-0.05, 0) is 55.8 Å². The van der Waals surface area contributed by atoms with E-state index in [0.717, 1.165) is 23.3 Å². The number of anilines is 1. The fourth-order valence-electron chi connectivity index (χ4n) is 3.74. The van der Waals surface area contributed by atoms with Crippen molar-refractivity contribution in [3.8, 4) is 0 Å². The largest absolute Gasteiger partial charge is 0.416 e. The van der Waals surface area contributed by atoms with Crippen LogP contribution in [0.5, 0.6) is 0 Å². The molecule has 2 atom stereocenters. The van der Waals surface area contributed by atoms with E-state index >= 15 is 0 Å². The van der Waals surface area contributed by atoms with Crippen LogP contribution in [0.4, 0.5) is 19.1 Å². The number of carbonyl (C=O) groups is 1. The van der Waals surface area contributed by atoms with Crippen LogP contribution in [0.1, 0.15) is 47.9 Å². The Kier molecular flexibility index (Phi) is 6.54. The van der Waals surface area contributed by atoms with Crippen molar-refractivity contribution in [2.45, 2.75) is 38.5 Å². The van der Waals surface area contributed by atoms with Crippen molar-refractivity contribution in [1.82, 2.24) is 20.3 Å². The number of pyridine rings is 1. The van der Waals surface area contributed by atoms with Gasteiger partial charge in [0.25, 0.3) is 0 Å². The molecule has 34 heavy (non-hydrogen) atoms. The van der Waals surface area contributed by atoms with Crippen LogP contribution in [-0.2, 0) is 11.0 Å². The van der Waals surface area contributed by atoms with Crippen LogP contribution in [0.3, 0.4) is 0 Å². The first-order valence-electron chi connectivity index (χ1n) is 10.8. The molecular weight excluding hydrogens is 443 g/mol. The number of imidazole rings is 1. The van der Waals surface area contributed by atoms with E-state index in [1.807, 2.05) is 56.3 Å². The summed E-state index contributed by atoms with van der Waals surface area (Å²) in [5.74, 6) is 0.0339. The maximum atomic E-state index is 13.3. The predicted molar refractivity (Wildman–Crippen MR) is 124 cm³/mol. The Balaban J connectivity index is 1.58. The Morgan fingerprint density at radius 1 is 1.03 bits per heavy atom. The third kappa shape index (κ3) is 5.54. The number of halogens is 3. The van der Waals surface area contributed by atoms with E-state index < -0.39 is 17.8 Å². The number of benzene rings is 2. The van der Waals surface area contributed by atoms with Crippen molar-refractivity contribution in [1.29, 1.82) is 0 Å². The molecule has 0 fully saturated rings. The minimum atomic E-state index is -4.49. The van der Waals surface area contributed by atoms with E-state index in [9.17, 15) is 18.0 Å². The summed E-state index contributed by atoms with van der Waals surface area (Å²) in [5.41, 5.74) is 2.56. The molecule has 4 rings (SSSR count). The summed E-state index contributed by atoms with van der Waals surface area (Å²) in [6.45, 7) is 3.67. The average molecular weight is 467 g/mol. The highest BCUT2D eigenvalue weighted by Gasteiger charge is 2.31. The fourth-order valence-corrected chi connectivity index (χ4v) is 3.74. The number of alkyl halides is 3. The summed E-state index contributed by atoms with van der Waals surface area (Å²) < 4.78 is 40.0. The van der Waals surface area contributed by atoms with Gasteiger partial charge >= 0.3 is 6.18 Å². The molecule has 2 unspecified atom stereocenters. The van der Waals surface area contributed by atoms with Gasteiger partial charge in [0, 0.05) is 5.69 Å². The number of carbonyl (C=O) groups excluding carboxylic acids is 1. The Morgan fingerprint density at radius 2 is 1.79 bits per heavy atom. The van der Waals surface area contributed by atoms with E-state index in [2.05, 4.69) is 25.6 Å². The minimum Gasteiger partial charge on any atom is -0.348 e. The molecule has 3 N–H and O–H groups in total. The summed E-state index contributed by atoms with van der Waals surface area (Å²) in [6.07, 6.45) is -4.60. The zero-order valence-corrected chi connectivity index (χ0v) is 18.6. The molecule has 6 nitrogen and oxygen atoms in total. The van der Waals surface area contributed by atoms with Crippen LogP contribution < -0.4 is 10.6 Å². The van der Waals surface area contributed by atoms with Gasteiger partial charge in [-0.1, -0.05) is 30.3 Å². The number of aryl methyl sites for hydroxylation is 1. The number of para-hydroxylation sites is 2. The number of nitrogens with one attached hydrogen (secondary N) is 3. The second-order valence-corrected chi connectivity index (χ2v) is 8.12. The Morgan fingerprint density at radius 3 is 2.53 bits per heavy atom. The number of rotatable bonds is 7. The minimum absolute atomic E-state index is 0.103. The summed E-state index contributed by atoms with van der Waals surface area (Å²) in [7, 11) is 0. The van der Waals surface area contributed by atoms with Crippen molar-refractivity contribution in [2.75, 3.05) is 5.32 Å². The highest BCUT2D eigenvalue weighted by atomic mass is 19.4. The van der Waals surface area contributed by atoms with Crippen molar-refractivity contribution in [3.63, 3.8) is 0 Å². The molecular formula is C25H24F3N5O. The van der Waals surface area contributed by atoms with Gasteiger partial charge in [-0.25, -0.2) is 4.98 Å². The number of fused-ring (bicyclic) bond motifs is 1. The van der Waals surface area contributed by atoms with Gasteiger partial charge < -0.3 is 15.6 Å². The fraction of sp³-hybridized carbons (Fsp3) is 0.240. The highest BCUT2D eigenvalue weighted by molar-refractivity contribution is 5.79. The lowest BCUT2D eigenvalue weighted by Gasteiger charge is -2.21. The molecule has 2 aromatic carbocycles. The molecule has 0 saturated carbocycles. The molecule has 1 amide bonds. The number of H-pyrrole nitrogens is 1. The molecule has 0 saturated heterocycles. The van der Waals surface area contributed by atoms with Gasteiger partial charge in [0.2, 0.25) is 11.9 Å². The maximum absolute atomic E-state index is 13.3.